The van der Waals surface area contributed by atoms with E-state index in [1.165, 1.54) is 0 Å². The predicted octanol–water partition coefficient (Wildman–Crippen LogP) is 1.30. The van der Waals surface area contributed by atoms with Crippen LogP contribution in [0.2, 0.25) is 0 Å². The number of amidine groups is 1. The monoisotopic (exact) mass is 206 g/mol. The molecule has 0 amide bonds. The summed E-state index contributed by atoms with van der Waals surface area (Å²) in [5.74, 6) is 1.45. The van der Waals surface area contributed by atoms with E-state index in [0.29, 0.717) is 11.3 Å². The Balaban J connectivity index is 2.50. The van der Waals surface area contributed by atoms with Crippen molar-refractivity contribution in [2.75, 3.05) is 7.11 Å². The Morgan fingerprint density at radius 2 is 2.33 bits per heavy atom. The largest absolute Gasteiger partial charge is 0.496 e. The molecule has 1 aliphatic heterocycles. The number of nitrogen functional groups attached to an aromatic ring is 1. The second kappa shape index (κ2) is 3.46. The summed E-state index contributed by atoms with van der Waals surface area (Å²) < 4.78 is 10.8. The summed E-state index contributed by atoms with van der Waals surface area (Å²) in [6.45, 7) is 2.01. The van der Waals surface area contributed by atoms with Crippen molar-refractivity contribution in [2.45, 2.75) is 19.4 Å². The Hall–Kier alpha value is -1.71. The summed E-state index contributed by atoms with van der Waals surface area (Å²) in [6, 6.07) is 3.68. The molecule has 15 heavy (non-hydrogen) atoms. The molecule has 4 nitrogen and oxygen atoms in total. The molecule has 0 aliphatic carbocycles. The Kier molecular flexibility index (Phi) is 2.26. The smallest absolute Gasteiger partial charge is 0.133 e. The molecule has 0 fully saturated rings. The first-order valence-electron chi connectivity index (χ1n) is 4.83. The van der Waals surface area contributed by atoms with Crippen LogP contribution in [0, 0.1) is 5.41 Å². The molecule has 1 aromatic rings. The normalized spacial score (nSPS) is 18.1. The average molecular weight is 206 g/mol. The van der Waals surface area contributed by atoms with Gasteiger partial charge in [0.1, 0.15) is 23.4 Å². The standard InChI is InChI=1S/C11H14N2O2/c1-6-3-7-4-8(11(12)13)10(14-2)5-9(7)15-6/h4-6H,3H2,1-2H3,(H3,12,13). The molecule has 4 heteroatoms. The second-order valence-corrected chi connectivity index (χ2v) is 3.71. The molecule has 0 spiro atoms. The molecule has 2 rings (SSSR count). The van der Waals surface area contributed by atoms with Crippen molar-refractivity contribution in [3.05, 3.63) is 23.3 Å². The number of nitrogens with two attached hydrogens (primary N) is 1. The van der Waals surface area contributed by atoms with Crippen LogP contribution in [0.4, 0.5) is 0 Å². The van der Waals surface area contributed by atoms with E-state index < -0.39 is 0 Å². The van der Waals surface area contributed by atoms with Crippen molar-refractivity contribution in [3.8, 4) is 11.5 Å². The highest BCUT2D eigenvalue weighted by Gasteiger charge is 2.22. The van der Waals surface area contributed by atoms with E-state index in [-0.39, 0.29) is 11.9 Å². The zero-order chi connectivity index (χ0) is 11.0. The Morgan fingerprint density at radius 3 is 2.93 bits per heavy atom. The number of ether oxygens (including phenoxy) is 2. The molecule has 0 aromatic heterocycles. The van der Waals surface area contributed by atoms with Gasteiger partial charge in [0.15, 0.2) is 0 Å². The summed E-state index contributed by atoms with van der Waals surface area (Å²) in [7, 11) is 1.56. The minimum absolute atomic E-state index is 0.0224. The zero-order valence-corrected chi connectivity index (χ0v) is 8.83. The average Bonchev–Trinajstić information content (AvgIpc) is 2.54. The highest BCUT2D eigenvalue weighted by molar-refractivity contribution is 5.98. The minimum Gasteiger partial charge on any atom is -0.496 e. The Bertz CT molecular complexity index is 415. The van der Waals surface area contributed by atoms with Crippen molar-refractivity contribution in [2.24, 2.45) is 5.73 Å². The summed E-state index contributed by atoms with van der Waals surface area (Å²) in [4.78, 5) is 0. The lowest BCUT2D eigenvalue weighted by Crippen LogP contribution is -2.12. The number of benzene rings is 1. The van der Waals surface area contributed by atoms with Crippen LogP contribution in [-0.4, -0.2) is 19.0 Å². The predicted molar refractivity (Wildman–Crippen MR) is 57.8 cm³/mol. The van der Waals surface area contributed by atoms with Crippen LogP contribution in [0.5, 0.6) is 11.5 Å². The van der Waals surface area contributed by atoms with E-state index in [2.05, 4.69) is 0 Å². The fourth-order valence-electron chi connectivity index (χ4n) is 1.82. The number of nitrogens with one attached hydrogen (secondary N) is 1. The summed E-state index contributed by atoms with van der Waals surface area (Å²) in [5, 5.41) is 7.45. The summed E-state index contributed by atoms with van der Waals surface area (Å²) in [6.07, 6.45) is 1.05. The van der Waals surface area contributed by atoms with Crippen LogP contribution < -0.4 is 15.2 Å². The van der Waals surface area contributed by atoms with Gasteiger partial charge in [-0.15, -0.1) is 0 Å². The molecule has 0 bridgehead atoms. The van der Waals surface area contributed by atoms with Gasteiger partial charge in [-0.2, -0.15) is 0 Å². The van der Waals surface area contributed by atoms with Crippen LogP contribution in [0.25, 0.3) is 0 Å². The first kappa shape index (κ1) is 9.83. The Labute approximate surface area is 88.5 Å². The molecule has 1 atom stereocenters. The lowest BCUT2D eigenvalue weighted by atomic mass is 10.1. The maximum atomic E-state index is 7.45. The first-order chi connectivity index (χ1) is 7.11. The third-order valence-corrected chi connectivity index (χ3v) is 2.51. The maximum absolute atomic E-state index is 7.45. The molecule has 1 heterocycles. The van der Waals surface area contributed by atoms with Crippen molar-refractivity contribution in [1.82, 2.24) is 0 Å². The van der Waals surface area contributed by atoms with Gasteiger partial charge in [0.2, 0.25) is 0 Å². The number of fused-ring (bicyclic) bond motifs is 1. The molecule has 1 aliphatic rings. The third kappa shape index (κ3) is 1.63. The maximum Gasteiger partial charge on any atom is 0.133 e. The van der Waals surface area contributed by atoms with Gasteiger partial charge in [-0.25, -0.2) is 0 Å². The highest BCUT2D eigenvalue weighted by Crippen LogP contribution is 2.34. The summed E-state index contributed by atoms with van der Waals surface area (Å²) >= 11 is 0. The molecule has 1 unspecified atom stereocenters. The second-order valence-electron chi connectivity index (χ2n) is 3.71. The number of methoxy groups -OCH3 is 1. The molecule has 0 radical (unpaired) electrons. The van der Waals surface area contributed by atoms with Gasteiger partial charge in [-0.05, 0) is 18.6 Å². The molecule has 3 N–H and O–H groups in total. The zero-order valence-electron chi connectivity index (χ0n) is 8.83. The van der Waals surface area contributed by atoms with Crippen LogP contribution in [0.3, 0.4) is 0 Å². The number of hydrogen-bond donors (Lipinski definition) is 2. The number of rotatable bonds is 2. The lowest BCUT2D eigenvalue weighted by molar-refractivity contribution is 0.253. The van der Waals surface area contributed by atoms with Crippen molar-refractivity contribution >= 4 is 5.84 Å². The Morgan fingerprint density at radius 1 is 1.60 bits per heavy atom. The van der Waals surface area contributed by atoms with Gasteiger partial charge < -0.3 is 15.2 Å². The van der Waals surface area contributed by atoms with E-state index in [1.807, 2.05) is 13.0 Å². The van der Waals surface area contributed by atoms with E-state index in [0.717, 1.165) is 17.7 Å². The lowest BCUT2D eigenvalue weighted by Gasteiger charge is -2.09. The highest BCUT2D eigenvalue weighted by atomic mass is 16.5. The van der Waals surface area contributed by atoms with Gasteiger partial charge in [-0.1, -0.05) is 0 Å². The van der Waals surface area contributed by atoms with E-state index in [1.54, 1.807) is 13.2 Å². The van der Waals surface area contributed by atoms with Gasteiger partial charge in [-0.3, -0.25) is 5.41 Å². The molecule has 0 saturated heterocycles. The summed E-state index contributed by atoms with van der Waals surface area (Å²) in [5.41, 5.74) is 7.21. The van der Waals surface area contributed by atoms with Crippen molar-refractivity contribution in [3.63, 3.8) is 0 Å². The third-order valence-electron chi connectivity index (χ3n) is 2.51. The van der Waals surface area contributed by atoms with E-state index >= 15 is 0 Å². The fraction of sp³-hybridized carbons (Fsp3) is 0.364. The van der Waals surface area contributed by atoms with Crippen LogP contribution >= 0.6 is 0 Å². The first-order valence-corrected chi connectivity index (χ1v) is 4.83. The van der Waals surface area contributed by atoms with Gasteiger partial charge in [0.25, 0.3) is 0 Å². The topological polar surface area (TPSA) is 68.3 Å². The van der Waals surface area contributed by atoms with Crippen LogP contribution in [0.1, 0.15) is 18.1 Å². The fourth-order valence-corrected chi connectivity index (χ4v) is 1.82. The molecule has 1 aromatic carbocycles. The molecule has 0 saturated carbocycles. The van der Waals surface area contributed by atoms with Crippen molar-refractivity contribution in [1.29, 1.82) is 5.41 Å². The number of hydrogen-bond acceptors (Lipinski definition) is 3. The molecular formula is C11H14N2O2. The quantitative estimate of drug-likeness (QED) is 0.566. The van der Waals surface area contributed by atoms with Gasteiger partial charge in [0, 0.05) is 12.5 Å². The van der Waals surface area contributed by atoms with Gasteiger partial charge >= 0.3 is 0 Å². The van der Waals surface area contributed by atoms with Crippen molar-refractivity contribution < 1.29 is 9.47 Å². The SMILES string of the molecule is COc1cc2c(cc1C(=N)N)CC(C)O2. The minimum atomic E-state index is 0.0224. The van der Waals surface area contributed by atoms with Crippen LogP contribution in [-0.2, 0) is 6.42 Å². The molecule has 80 valence electrons. The van der Waals surface area contributed by atoms with Crippen LogP contribution in [0.15, 0.2) is 12.1 Å². The molecular weight excluding hydrogens is 192 g/mol. The van der Waals surface area contributed by atoms with E-state index in [9.17, 15) is 0 Å². The van der Waals surface area contributed by atoms with Gasteiger partial charge in [0.05, 0.1) is 12.7 Å². The van der Waals surface area contributed by atoms with E-state index in [4.69, 9.17) is 20.6 Å².